The molecule has 1 aliphatic heterocycles. The van der Waals surface area contributed by atoms with Crippen LogP contribution in [0.3, 0.4) is 0 Å². The highest BCUT2D eigenvalue weighted by Crippen LogP contribution is 2.28. The minimum Gasteiger partial charge on any atom is -0.380 e. The summed E-state index contributed by atoms with van der Waals surface area (Å²) in [5.74, 6) is 0. The summed E-state index contributed by atoms with van der Waals surface area (Å²) in [5, 5.41) is 17.2. The van der Waals surface area contributed by atoms with Gasteiger partial charge in [-0.1, -0.05) is 29.8 Å². The second-order valence-electron chi connectivity index (χ2n) is 6.81. The van der Waals surface area contributed by atoms with E-state index in [0.29, 0.717) is 12.6 Å². The topological polar surface area (TPSA) is 71.3 Å². The molecule has 4 rings (SSSR count). The molecule has 27 heavy (non-hydrogen) atoms. The number of anilines is 1. The van der Waals surface area contributed by atoms with Crippen LogP contribution in [0.4, 0.5) is 11.4 Å². The molecule has 1 N–H and O–H groups in total. The van der Waals surface area contributed by atoms with E-state index in [4.69, 9.17) is 11.6 Å². The number of benzene rings is 2. The fourth-order valence-electron chi connectivity index (χ4n) is 3.62. The van der Waals surface area contributed by atoms with E-state index >= 15 is 0 Å². The van der Waals surface area contributed by atoms with Crippen molar-refractivity contribution >= 4 is 33.7 Å². The number of nitro groups is 1. The van der Waals surface area contributed by atoms with Crippen LogP contribution >= 0.6 is 11.6 Å². The molecule has 0 aliphatic carbocycles. The van der Waals surface area contributed by atoms with Crippen molar-refractivity contribution in [3.8, 4) is 0 Å². The van der Waals surface area contributed by atoms with E-state index in [9.17, 15) is 10.1 Å². The van der Waals surface area contributed by atoms with Gasteiger partial charge in [0.05, 0.1) is 4.92 Å². The average Bonchev–Trinajstić information content (AvgIpc) is 3.10. The Bertz CT molecular complexity index is 989. The van der Waals surface area contributed by atoms with Crippen LogP contribution in [0.2, 0.25) is 5.02 Å². The van der Waals surface area contributed by atoms with Gasteiger partial charge in [0.1, 0.15) is 5.02 Å². The molecule has 6 nitrogen and oxygen atoms in total. The Balaban J connectivity index is 1.43. The van der Waals surface area contributed by atoms with E-state index in [0.717, 1.165) is 36.1 Å². The summed E-state index contributed by atoms with van der Waals surface area (Å²) in [6.45, 7) is 2.51. The van der Waals surface area contributed by atoms with Crippen molar-refractivity contribution in [2.45, 2.75) is 19.0 Å². The van der Waals surface area contributed by atoms with Crippen molar-refractivity contribution in [3.63, 3.8) is 0 Å². The molecule has 0 radical (unpaired) electrons. The monoisotopic (exact) mass is 382 g/mol. The molecule has 138 valence electrons. The number of halogens is 1. The first-order valence-electron chi connectivity index (χ1n) is 8.84. The highest BCUT2D eigenvalue weighted by atomic mass is 35.5. The van der Waals surface area contributed by atoms with Gasteiger partial charge in [-0.25, -0.2) is 0 Å². The largest absolute Gasteiger partial charge is 0.380 e. The SMILES string of the molecule is O=[N+]([O-])c1cc(CN2CCC(Nc3cccc4cnccc34)C2)ccc1Cl. The Hall–Kier alpha value is -2.70. The molecular weight excluding hydrogens is 364 g/mol. The summed E-state index contributed by atoms with van der Waals surface area (Å²) in [7, 11) is 0. The van der Waals surface area contributed by atoms with Crippen molar-refractivity contribution in [1.82, 2.24) is 9.88 Å². The highest BCUT2D eigenvalue weighted by molar-refractivity contribution is 6.32. The molecule has 1 saturated heterocycles. The highest BCUT2D eigenvalue weighted by Gasteiger charge is 2.23. The Kier molecular flexibility index (Phi) is 4.92. The summed E-state index contributed by atoms with van der Waals surface area (Å²) >= 11 is 5.90. The minimum atomic E-state index is -0.435. The second-order valence-corrected chi connectivity index (χ2v) is 7.22. The van der Waals surface area contributed by atoms with Gasteiger partial charge >= 0.3 is 0 Å². The lowest BCUT2D eigenvalue weighted by Gasteiger charge is -2.18. The van der Waals surface area contributed by atoms with Crippen molar-refractivity contribution in [2.75, 3.05) is 18.4 Å². The molecule has 0 bridgehead atoms. The zero-order valence-corrected chi connectivity index (χ0v) is 15.4. The van der Waals surface area contributed by atoms with Crippen LogP contribution in [0.5, 0.6) is 0 Å². The molecule has 1 aliphatic rings. The van der Waals surface area contributed by atoms with Crippen molar-refractivity contribution < 1.29 is 4.92 Å². The molecule has 1 unspecified atom stereocenters. The summed E-state index contributed by atoms with van der Waals surface area (Å²) in [4.78, 5) is 17.1. The molecule has 7 heteroatoms. The van der Waals surface area contributed by atoms with Gasteiger partial charge in [0.25, 0.3) is 5.69 Å². The maximum Gasteiger partial charge on any atom is 0.288 e. The second kappa shape index (κ2) is 7.50. The number of fused-ring (bicyclic) bond motifs is 1. The summed E-state index contributed by atoms with van der Waals surface area (Å²) < 4.78 is 0. The summed E-state index contributed by atoms with van der Waals surface area (Å²) in [5.41, 5.74) is 1.99. The maximum absolute atomic E-state index is 11.1. The Morgan fingerprint density at radius 3 is 3.04 bits per heavy atom. The number of aromatic nitrogens is 1. The molecule has 1 aromatic heterocycles. The third kappa shape index (κ3) is 3.86. The first-order chi connectivity index (χ1) is 13.1. The third-order valence-electron chi connectivity index (χ3n) is 4.93. The number of nitro benzene ring substituents is 1. The molecule has 2 heterocycles. The van der Waals surface area contributed by atoms with Crippen LogP contribution in [-0.2, 0) is 6.54 Å². The van der Waals surface area contributed by atoms with Gasteiger partial charge in [-0.05, 0) is 30.2 Å². The fraction of sp³-hybridized carbons (Fsp3) is 0.250. The van der Waals surface area contributed by atoms with Crippen LogP contribution in [0.25, 0.3) is 10.8 Å². The number of pyridine rings is 1. The predicted molar refractivity (Wildman–Crippen MR) is 107 cm³/mol. The third-order valence-corrected chi connectivity index (χ3v) is 5.25. The maximum atomic E-state index is 11.1. The van der Waals surface area contributed by atoms with E-state index < -0.39 is 4.92 Å². The van der Waals surface area contributed by atoms with E-state index in [1.807, 2.05) is 30.6 Å². The quantitative estimate of drug-likeness (QED) is 0.520. The number of rotatable bonds is 5. The Morgan fingerprint density at radius 1 is 1.30 bits per heavy atom. The van der Waals surface area contributed by atoms with E-state index in [-0.39, 0.29) is 10.7 Å². The lowest BCUT2D eigenvalue weighted by molar-refractivity contribution is -0.384. The number of likely N-dealkylation sites (tertiary alicyclic amines) is 1. The van der Waals surface area contributed by atoms with Gasteiger partial charge < -0.3 is 5.32 Å². The molecule has 1 fully saturated rings. The molecule has 0 spiro atoms. The average molecular weight is 383 g/mol. The van der Waals surface area contributed by atoms with Gasteiger partial charge in [-0.15, -0.1) is 0 Å². The predicted octanol–water partition coefficient (Wildman–Crippen LogP) is 4.48. The first-order valence-corrected chi connectivity index (χ1v) is 9.22. The van der Waals surface area contributed by atoms with Gasteiger partial charge in [-0.3, -0.25) is 20.0 Å². The summed E-state index contributed by atoms with van der Waals surface area (Å²) in [6.07, 6.45) is 4.70. The first kappa shape index (κ1) is 17.7. The lowest BCUT2D eigenvalue weighted by atomic mass is 10.1. The van der Waals surface area contributed by atoms with E-state index in [1.165, 1.54) is 5.39 Å². The molecule has 2 aromatic carbocycles. The standard InChI is InChI=1S/C20H19ClN4O2/c21-18-5-4-14(10-20(18)25(26)27)12-24-9-7-16(13-24)23-19-3-1-2-15-11-22-8-6-17(15)19/h1-6,8,10-11,16,23H,7,9,12-13H2. The molecular formula is C20H19ClN4O2. The normalized spacial score (nSPS) is 17.3. The molecule has 3 aromatic rings. The fourth-order valence-corrected chi connectivity index (χ4v) is 3.80. The molecule has 1 atom stereocenters. The van der Waals surface area contributed by atoms with Gasteiger partial charge in [0.2, 0.25) is 0 Å². The summed E-state index contributed by atoms with van der Waals surface area (Å²) in [6, 6.07) is 13.6. The van der Waals surface area contributed by atoms with Gasteiger partial charge in [-0.2, -0.15) is 0 Å². The number of nitrogens with one attached hydrogen (secondary N) is 1. The molecule has 0 saturated carbocycles. The van der Waals surface area contributed by atoms with Crippen LogP contribution < -0.4 is 5.32 Å². The van der Waals surface area contributed by atoms with E-state index in [2.05, 4.69) is 27.3 Å². The van der Waals surface area contributed by atoms with Crippen molar-refractivity contribution in [1.29, 1.82) is 0 Å². The van der Waals surface area contributed by atoms with E-state index in [1.54, 1.807) is 12.1 Å². The Morgan fingerprint density at radius 2 is 2.19 bits per heavy atom. The van der Waals surface area contributed by atoms with Crippen LogP contribution in [0.1, 0.15) is 12.0 Å². The number of hydrogen-bond acceptors (Lipinski definition) is 5. The minimum absolute atomic E-state index is 0.0348. The van der Waals surface area contributed by atoms with Gasteiger partial charge in [0.15, 0.2) is 0 Å². The number of hydrogen-bond donors (Lipinski definition) is 1. The van der Waals surface area contributed by atoms with Crippen LogP contribution in [0.15, 0.2) is 54.9 Å². The van der Waals surface area contributed by atoms with Crippen molar-refractivity contribution in [3.05, 3.63) is 75.6 Å². The zero-order valence-electron chi connectivity index (χ0n) is 14.6. The zero-order chi connectivity index (χ0) is 18.8. The smallest absolute Gasteiger partial charge is 0.288 e. The number of nitrogens with zero attached hydrogens (tertiary/aromatic N) is 3. The lowest BCUT2D eigenvalue weighted by Crippen LogP contribution is -2.26. The van der Waals surface area contributed by atoms with Crippen molar-refractivity contribution in [2.24, 2.45) is 0 Å². The van der Waals surface area contributed by atoms with Gasteiger partial charge in [0, 0.05) is 60.6 Å². The Labute approximate surface area is 161 Å². The van der Waals surface area contributed by atoms with Crippen LogP contribution in [0, 0.1) is 10.1 Å². The van der Waals surface area contributed by atoms with Crippen LogP contribution in [-0.4, -0.2) is 33.9 Å². The molecule has 0 amide bonds.